The Balaban J connectivity index is 3.15. The number of sulfone groups is 1. The minimum atomic E-state index is -3.39. The monoisotopic (exact) mass is 307 g/mol. The van der Waals surface area contributed by atoms with Gasteiger partial charge in [-0.25, -0.2) is 8.42 Å². The maximum atomic E-state index is 12.2. The number of nitrogens with zero attached hydrogens (tertiary/aromatic N) is 2. The number of aromatic nitrogens is 1. The predicted octanol–water partition coefficient (Wildman–Crippen LogP) is 1.12. The van der Waals surface area contributed by atoms with Crippen LogP contribution < -0.4 is 10.6 Å². The molecule has 1 heterocycles. The first-order chi connectivity index (χ1) is 8.97. The van der Waals surface area contributed by atoms with Crippen LogP contribution in [0.25, 0.3) is 0 Å². The van der Waals surface area contributed by atoms with E-state index in [-0.39, 0.29) is 23.1 Å². The highest BCUT2D eigenvalue weighted by Crippen LogP contribution is 2.35. The molecule has 0 saturated heterocycles. The van der Waals surface area contributed by atoms with E-state index < -0.39 is 9.84 Å². The Bertz CT molecular complexity index is 499. The first-order valence-electron chi connectivity index (χ1n) is 6.31. The van der Waals surface area contributed by atoms with Gasteiger partial charge in [0.2, 0.25) is 0 Å². The van der Waals surface area contributed by atoms with Gasteiger partial charge in [0.1, 0.15) is 9.90 Å². The number of nitrogen functional groups attached to an aromatic ring is 1. The van der Waals surface area contributed by atoms with Crippen LogP contribution in [-0.4, -0.2) is 43.3 Å². The summed E-state index contributed by atoms with van der Waals surface area (Å²) in [5.41, 5.74) is 5.72. The SMILES string of the molecule is CCCS(=O)(=O)c1c(N)nsc1N(CC)CCCO. The van der Waals surface area contributed by atoms with E-state index in [9.17, 15) is 8.42 Å². The summed E-state index contributed by atoms with van der Waals surface area (Å²) >= 11 is 1.10. The molecule has 0 spiro atoms. The van der Waals surface area contributed by atoms with Gasteiger partial charge in [-0.2, -0.15) is 4.37 Å². The van der Waals surface area contributed by atoms with Crippen molar-refractivity contribution >= 4 is 32.2 Å². The van der Waals surface area contributed by atoms with Crippen molar-refractivity contribution in [3.05, 3.63) is 0 Å². The van der Waals surface area contributed by atoms with Gasteiger partial charge >= 0.3 is 0 Å². The normalized spacial score (nSPS) is 11.7. The molecule has 0 atom stereocenters. The summed E-state index contributed by atoms with van der Waals surface area (Å²) in [6.07, 6.45) is 1.12. The number of rotatable bonds is 8. The van der Waals surface area contributed by atoms with Gasteiger partial charge < -0.3 is 15.7 Å². The Morgan fingerprint density at radius 1 is 1.42 bits per heavy atom. The lowest BCUT2D eigenvalue weighted by molar-refractivity contribution is 0.289. The van der Waals surface area contributed by atoms with Crippen LogP contribution in [0.5, 0.6) is 0 Å². The largest absolute Gasteiger partial charge is 0.396 e. The van der Waals surface area contributed by atoms with Crippen LogP contribution in [0.15, 0.2) is 4.90 Å². The number of nitrogens with two attached hydrogens (primary N) is 1. The highest BCUT2D eigenvalue weighted by atomic mass is 32.2. The Morgan fingerprint density at radius 2 is 2.11 bits per heavy atom. The lowest BCUT2D eigenvalue weighted by atomic mass is 10.4. The van der Waals surface area contributed by atoms with Crippen molar-refractivity contribution in [2.24, 2.45) is 0 Å². The zero-order valence-electron chi connectivity index (χ0n) is 11.3. The molecule has 19 heavy (non-hydrogen) atoms. The third kappa shape index (κ3) is 3.80. The molecule has 0 fully saturated rings. The fraction of sp³-hybridized carbons (Fsp3) is 0.727. The standard InChI is InChI=1S/C11H21N3O3S2/c1-3-8-19(16,17)9-10(12)13-18-11(9)14(4-2)6-5-7-15/h15H,3-8H2,1-2H3,(H2,12,13). The van der Waals surface area contributed by atoms with Crippen LogP contribution in [0.1, 0.15) is 26.7 Å². The average Bonchev–Trinajstić information content (AvgIpc) is 2.73. The lowest BCUT2D eigenvalue weighted by Crippen LogP contribution is -2.25. The smallest absolute Gasteiger partial charge is 0.185 e. The predicted molar refractivity (Wildman–Crippen MR) is 78.5 cm³/mol. The third-order valence-corrected chi connectivity index (χ3v) is 5.72. The highest BCUT2D eigenvalue weighted by Gasteiger charge is 2.27. The molecule has 1 aromatic heterocycles. The molecule has 1 rings (SSSR count). The molecule has 0 bridgehead atoms. The Morgan fingerprint density at radius 3 is 2.63 bits per heavy atom. The molecule has 8 heteroatoms. The van der Waals surface area contributed by atoms with E-state index in [1.165, 1.54) is 0 Å². The van der Waals surface area contributed by atoms with Gasteiger partial charge in [0.25, 0.3) is 0 Å². The molecule has 0 aromatic carbocycles. The van der Waals surface area contributed by atoms with Crippen LogP contribution in [0.3, 0.4) is 0 Å². The number of aliphatic hydroxyl groups is 1. The minimum absolute atomic E-state index is 0.0696. The molecule has 0 aliphatic heterocycles. The average molecular weight is 307 g/mol. The van der Waals surface area contributed by atoms with Crippen LogP contribution in [0.2, 0.25) is 0 Å². The van der Waals surface area contributed by atoms with Crippen molar-refractivity contribution in [2.75, 3.05) is 36.1 Å². The first kappa shape index (κ1) is 16.2. The van der Waals surface area contributed by atoms with Crippen LogP contribution in [0, 0.1) is 0 Å². The third-order valence-electron chi connectivity index (χ3n) is 2.70. The Kier molecular flexibility index (Phi) is 6.02. The van der Waals surface area contributed by atoms with Crippen molar-refractivity contribution in [3.8, 4) is 0 Å². The number of aliphatic hydroxyl groups excluding tert-OH is 1. The minimum Gasteiger partial charge on any atom is -0.396 e. The van der Waals surface area contributed by atoms with Crippen molar-refractivity contribution in [2.45, 2.75) is 31.6 Å². The number of hydrogen-bond donors (Lipinski definition) is 2. The van der Waals surface area contributed by atoms with Crippen LogP contribution in [0.4, 0.5) is 10.8 Å². The molecule has 0 aliphatic carbocycles. The van der Waals surface area contributed by atoms with Crippen molar-refractivity contribution in [3.63, 3.8) is 0 Å². The number of hydrogen-bond acceptors (Lipinski definition) is 7. The molecular weight excluding hydrogens is 286 g/mol. The van der Waals surface area contributed by atoms with E-state index in [0.717, 1.165) is 11.5 Å². The zero-order chi connectivity index (χ0) is 14.5. The van der Waals surface area contributed by atoms with Gasteiger partial charge in [-0.05, 0) is 31.3 Å². The summed E-state index contributed by atoms with van der Waals surface area (Å²) in [6.45, 7) is 5.06. The summed E-state index contributed by atoms with van der Waals surface area (Å²) in [5, 5.41) is 9.48. The van der Waals surface area contributed by atoms with Gasteiger partial charge in [-0.15, -0.1) is 0 Å². The van der Waals surface area contributed by atoms with Crippen molar-refractivity contribution < 1.29 is 13.5 Å². The van der Waals surface area contributed by atoms with Gasteiger partial charge in [0, 0.05) is 19.7 Å². The summed E-state index contributed by atoms with van der Waals surface area (Å²) < 4.78 is 28.5. The lowest BCUT2D eigenvalue weighted by Gasteiger charge is -2.21. The van der Waals surface area contributed by atoms with E-state index in [4.69, 9.17) is 10.8 Å². The van der Waals surface area contributed by atoms with Gasteiger partial charge in [-0.3, -0.25) is 0 Å². The summed E-state index contributed by atoms with van der Waals surface area (Å²) in [5.74, 6) is 0.149. The van der Waals surface area contributed by atoms with E-state index >= 15 is 0 Å². The second-order valence-electron chi connectivity index (χ2n) is 4.18. The van der Waals surface area contributed by atoms with E-state index in [2.05, 4.69) is 4.37 Å². The highest BCUT2D eigenvalue weighted by molar-refractivity contribution is 7.91. The molecule has 0 saturated carbocycles. The van der Waals surface area contributed by atoms with Gasteiger partial charge in [0.05, 0.1) is 5.75 Å². The second-order valence-corrected chi connectivity index (χ2v) is 6.98. The summed E-state index contributed by atoms with van der Waals surface area (Å²) in [7, 11) is -3.39. The van der Waals surface area contributed by atoms with E-state index in [1.54, 1.807) is 0 Å². The molecule has 0 amide bonds. The van der Waals surface area contributed by atoms with E-state index in [0.29, 0.717) is 30.9 Å². The molecule has 110 valence electrons. The molecular formula is C11H21N3O3S2. The van der Waals surface area contributed by atoms with Gasteiger partial charge in [-0.1, -0.05) is 6.92 Å². The molecule has 0 radical (unpaired) electrons. The quantitative estimate of drug-likeness (QED) is 0.747. The van der Waals surface area contributed by atoms with Crippen LogP contribution in [-0.2, 0) is 9.84 Å². The molecule has 3 N–H and O–H groups in total. The first-order valence-corrected chi connectivity index (χ1v) is 8.74. The molecule has 0 unspecified atom stereocenters. The maximum absolute atomic E-state index is 12.2. The second kappa shape index (κ2) is 7.06. The number of anilines is 2. The maximum Gasteiger partial charge on any atom is 0.185 e. The fourth-order valence-corrected chi connectivity index (χ4v) is 4.67. The topological polar surface area (TPSA) is 96.5 Å². The zero-order valence-corrected chi connectivity index (χ0v) is 12.9. The molecule has 6 nitrogen and oxygen atoms in total. The summed E-state index contributed by atoms with van der Waals surface area (Å²) in [6, 6.07) is 0. The van der Waals surface area contributed by atoms with Crippen molar-refractivity contribution in [1.82, 2.24) is 4.37 Å². The van der Waals surface area contributed by atoms with Crippen LogP contribution >= 0.6 is 11.5 Å². The van der Waals surface area contributed by atoms with E-state index in [1.807, 2.05) is 18.7 Å². The fourth-order valence-electron chi connectivity index (χ4n) is 1.81. The Hall–Kier alpha value is -0.860. The Labute approximate surface area is 118 Å². The van der Waals surface area contributed by atoms with Crippen molar-refractivity contribution in [1.29, 1.82) is 0 Å². The molecule has 0 aliphatic rings. The summed E-state index contributed by atoms with van der Waals surface area (Å²) in [4.78, 5) is 2.05. The van der Waals surface area contributed by atoms with Gasteiger partial charge in [0.15, 0.2) is 15.7 Å². The molecule has 1 aromatic rings.